The van der Waals surface area contributed by atoms with E-state index in [1.807, 2.05) is 78.9 Å². The van der Waals surface area contributed by atoms with Crippen molar-refractivity contribution >= 4 is 54.3 Å². The van der Waals surface area contributed by atoms with Crippen LogP contribution in [0.1, 0.15) is 35.9 Å². The quantitative estimate of drug-likeness (QED) is 0.171. The zero-order valence-corrected chi connectivity index (χ0v) is 28.5. The van der Waals surface area contributed by atoms with E-state index in [1.54, 1.807) is 0 Å². The van der Waals surface area contributed by atoms with Gasteiger partial charge >= 0.3 is 0 Å². The molecule has 9 aromatic carbocycles. The van der Waals surface area contributed by atoms with Crippen LogP contribution in [0.2, 0.25) is 0 Å². The fourth-order valence-corrected chi connectivity index (χ4v) is 8.53. The second-order valence-electron chi connectivity index (χ2n) is 14.3. The molecular weight excluding hydrogens is 629 g/mol. The second kappa shape index (κ2) is 10.8. The van der Waals surface area contributed by atoms with Crippen molar-refractivity contribution < 1.29 is 15.4 Å². The molecule has 0 N–H and O–H groups in total. The van der Waals surface area contributed by atoms with E-state index in [2.05, 4.69) is 56.3 Å². The maximum absolute atomic E-state index is 9.42. The van der Waals surface area contributed by atoms with Crippen LogP contribution in [0.3, 0.4) is 0 Å². The summed E-state index contributed by atoms with van der Waals surface area (Å²) in [6, 6.07) is 37.5. The van der Waals surface area contributed by atoms with Gasteiger partial charge in [-0.1, -0.05) is 153 Å². The third-order valence-corrected chi connectivity index (χ3v) is 11.1. The Morgan fingerprint density at radius 2 is 0.962 bits per heavy atom. The highest BCUT2D eigenvalue weighted by molar-refractivity contribution is 6.21. The van der Waals surface area contributed by atoms with Gasteiger partial charge in [-0.3, -0.25) is 0 Å². The maximum Gasteiger partial charge on any atom is 0.136 e. The lowest BCUT2D eigenvalue weighted by Crippen LogP contribution is -2.14. The molecule has 1 heteroatoms. The van der Waals surface area contributed by atoms with Crippen LogP contribution < -0.4 is 0 Å². The van der Waals surface area contributed by atoms with Crippen molar-refractivity contribution in [3.05, 3.63) is 181 Å². The van der Waals surface area contributed by atoms with E-state index >= 15 is 0 Å². The van der Waals surface area contributed by atoms with E-state index in [0.29, 0.717) is 22.3 Å². The predicted molar refractivity (Wildman–Crippen MR) is 220 cm³/mol. The van der Waals surface area contributed by atoms with Gasteiger partial charge in [0, 0.05) is 16.2 Å². The van der Waals surface area contributed by atoms with Crippen molar-refractivity contribution in [3.8, 4) is 44.5 Å². The van der Waals surface area contributed by atoms with Crippen LogP contribution in [0.5, 0.6) is 0 Å². The molecule has 10 aromatic rings. The minimum Gasteiger partial charge on any atom is -0.456 e. The summed E-state index contributed by atoms with van der Waals surface area (Å²) >= 11 is 0. The van der Waals surface area contributed by atoms with Crippen molar-refractivity contribution in [3.63, 3.8) is 0 Å². The van der Waals surface area contributed by atoms with Gasteiger partial charge in [-0.05, 0) is 118 Å². The van der Waals surface area contributed by atoms with E-state index in [-0.39, 0.29) is 45.7 Å². The number of rotatable bonds is 3. The van der Waals surface area contributed by atoms with Gasteiger partial charge < -0.3 is 4.42 Å². The highest BCUT2D eigenvalue weighted by Crippen LogP contribution is 2.51. The molecule has 0 saturated heterocycles. The SMILES string of the molecule is [2H]c1c([2H])c([2H])c2c(-c3ccc4c(c3)C(C)(C)c3ccccc3-4)c3c([2H])c([2H])c([2H])c([2H])c3c(-c3ccc(-c4ccc5oc6cc7ccccc7cc6c5c4)cc3)c2c1[2H]. The standard InChI is InChI=1S/C51H34O/c1-51(2)45-18-10-9-13-37(45)38-25-23-36(29-46(38)51)50-41-16-7-5-14-39(41)49(40-15-6-8-17-42(40)50)32-21-19-31(20-22-32)35-24-26-47-43(28-35)44-27-33-11-3-4-12-34(33)30-48(44)52-47/h3-30H,1-2H3/i5D,6D,7D,8D,14D,15D,16D,17D. The van der Waals surface area contributed by atoms with Gasteiger partial charge in [0.25, 0.3) is 0 Å². The van der Waals surface area contributed by atoms with E-state index < -0.39 is 29.6 Å². The van der Waals surface area contributed by atoms with Crippen molar-refractivity contribution in [2.75, 3.05) is 0 Å². The van der Waals surface area contributed by atoms with Crippen LogP contribution in [0.15, 0.2) is 174 Å². The Balaban J connectivity index is 1.17. The van der Waals surface area contributed by atoms with Gasteiger partial charge in [0.15, 0.2) is 0 Å². The van der Waals surface area contributed by atoms with Crippen LogP contribution in [0.25, 0.3) is 98.8 Å². The summed E-state index contributed by atoms with van der Waals surface area (Å²) in [5, 5.41) is 5.02. The van der Waals surface area contributed by atoms with Gasteiger partial charge in [-0.25, -0.2) is 0 Å². The average Bonchev–Trinajstić information content (AvgIpc) is 3.74. The van der Waals surface area contributed by atoms with Crippen LogP contribution in [0, 0.1) is 0 Å². The lowest BCUT2D eigenvalue weighted by Gasteiger charge is -2.23. The lowest BCUT2D eigenvalue weighted by molar-refractivity contribution is 0.660. The van der Waals surface area contributed by atoms with Crippen LogP contribution >= 0.6 is 0 Å². The molecule has 0 bridgehead atoms. The van der Waals surface area contributed by atoms with E-state index in [0.717, 1.165) is 60.5 Å². The summed E-state index contributed by atoms with van der Waals surface area (Å²) in [5.74, 6) is 0. The first-order valence-corrected chi connectivity index (χ1v) is 17.5. The molecule has 1 heterocycles. The number of hydrogen-bond acceptors (Lipinski definition) is 1. The third-order valence-electron chi connectivity index (χ3n) is 11.1. The zero-order chi connectivity index (χ0) is 41.5. The lowest BCUT2D eigenvalue weighted by atomic mass is 9.80. The molecule has 244 valence electrons. The molecule has 1 aliphatic carbocycles. The van der Waals surface area contributed by atoms with Gasteiger partial charge in [0.1, 0.15) is 11.2 Å². The topological polar surface area (TPSA) is 13.1 Å². The fraction of sp³-hybridized carbons (Fsp3) is 0.0588. The molecule has 0 spiro atoms. The Bertz CT molecular complexity index is 3470. The maximum atomic E-state index is 9.42. The summed E-state index contributed by atoms with van der Waals surface area (Å²) in [5.41, 5.74) is 9.24. The first kappa shape index (κ1) is 22.4. The van der Waals surface area contributed by atoms with Crippen molar-refractivity contribution in [1.29, 1.82) is 0 Å². The number of furan rings is 1. The molecule has 52 heavy (non-hydrogen) atoms. The predicted octanol–water partition coefficient (Wildman–Crippen LogP) is 14.4. The highest BCUT2D eigenvalue weighted by atomic mass is 16.3. The average molecular weight is 671 g/mol. The number of hydrogen-bond donors (Lipinski definition) is 0. The molecule has 0 atom stereocenters. The minimum absolute atomic E-state index is 0.197. The Hall–Kier alpha value is -6.44. The summed E-state index contributed by atoms with van der Waals surface area (Å²) in [4.78, 5) is 0. The first-order valence-electron chi connectivity index (χ1n) is 21.5. The monoisotopic (exact) mass is 670 g/mol. The fourth-order valence-electron chi connectivity index (χ4n) is 8.53. The molecule has 0 amide bonds. The van der Waals surface area contributed by atoms with E-state index in [1.165, 1.54) is 5.56 Å². The molecule has 0 radical (unpaired) electrons. The molecule has 1 aliphatic rings. The molecule has 11 rings (SSSR count). The molecule has 0 fully saturated rings. The summed E-state index contributed by atoms with van der Waals surface area (Å²) < 4.78 is 79.3. The van der Waals surface area contributed by atoms with Crippen molar-refractivity contribution in [1.82, 2.24) is 0 Å². The smallest absolute Gasteiger partial charge is 0.136 e. The van der Waals surface area contributed by atoms with Crippen molar-refractivity contribution in [2.45, 2.75) is 19.3 Å². The summed E-state index contributed by atoms with van der Waals surface area (Å²) in [6.07, 6.45) is 0. The van der Waals surface area contributed by atoms with Gasteiger partial charge in [0.2, 0.25) is 0 Å². The van der Waals surface area contributed by atoms with E-state index in [4.69, 9.17) is 9.90 Å². The molecular formula is C51H34O. The molecule has 1 aromatic heterocycles. The number of benzene rings is 9. The molecule has 1 nitrogen and oxygen atoms in total. The molecule has 0 aliphatic heterocycles. The Morgan fingerprint density at radius 3 is 1.67 bits per heavy atom. The summed E-state index contributed by atoms with van der Waals surface area (Å²) in [6.45, 7) is 4.31. The Kier molecular flexibility index (Phi) is 4.64. The van der Waals surface area contributed by atoms with Crippen LogP contribution in [-0.4, -0.2) is 0 Å². The second-order valence-corrected chi connectivity index (χ2v) is 14.3. The molecule has 0 unspecified atom stereocenters. The Labute approximate surface area is 313 Å². The van der Waals surface area contributed by atoms with Crippen LogP contribution in [-0.2, 0) is 5.41 Å². The van der Waals surface area contributed by atoms with E-state index in [9.17, 15) is 5.48 Å². The van der Waals surface area contributed by atoms with Gasteiger partial charge in [-0.15, -0.1) is 0 Å². The summed E-state index contributed by atoms with van der Waals surface area (Å²) in [7, 11) is 0. The normalized spacial score (nSPS) is 15.5. The van der Waals surface area contributed by atoms with Crippen molar-refractivity contribution in [2.24, 2.45) is 0 Å². The molecule has 0 saturated carbocycles. The van der Waals surface area contributed by atoms with Crippen LogP contribution in [0.4, 0.5) is 0 Å². The number of fused-ring (bicyclic) bond motifs is 9. The zero-order valence-electron chi connectivity index (χ0n) is 36.5. The third kappa shape index (κ3) is 4.17. The Morgan fingerprint density at radius 1 is 0.423 bits per heavy atom. The minimum atomic E-state index is -0.421. The largest absolute Gasteiger partial charge is 0.456 e. The van der Waals surface area contributed by atoms with Gasteiger partial charge in [0.05, 0.1) is 11.0 Å². The van der Waals surface area contributed by atoms with Gasteiger partial charge in [-0.2, -0.15) is 0 Å². The highest BCUT2D eigenvalue weighted by Gasteiger charge is 2.35. The first-order chi connectivity index (χ1) is 28.8.